The van der Waals surface area contributed by atoms with E-state index in [1.807, 2.05) is 23.1 Å². The first-order valence-electron chi connectivity index (χ1n) is 8.76. The monoisotopic (exact) mass is 351 g/mol. The van der Waals surface area contributed by atoms with E-state index in [9.17, 15) is 4.79 Å². The lowest BCUT2D eigenvalue weighted by Gasteiger charge is -2.39. The van der Waals surface area contributed by atoms with Gasteiger partial charge in [0.25, 0.3) is 5.91 Å². The zero-order valence-electron chi connectivity index (χ0n) is 13.9. The van der Waals surface area contributed by atoms with Crippen LogP contribution < -0.4 is 5.32 Å². The number of fused-ring (bicyclic) bond motifs is 1. The number of rotatable bonds is 2. The number of nitrogens with one attached hydrogen (secondary N) is 1. The predicted molar refractivity (Wildman–Crippen MR) is 95.5 cm³/mol. The topological polar surface area (TPSA) is 44.8 Å². The molecule has 0 spiro atoms. The molecule has 2 atom stereocenters. The Morgan fingerprint density at radius 1 is 1.17 bits per heavy atom. The van der Waals surface area contributed by atoms with Gasteiger partial charge in [-0.3, -0.25) is 9.69 Å². The Morgan fingerprint density at radius 2 is 1.96 bits per heavy atom. The third kappa shape index (κ3) is 3.45. The second kappa shape index (κ2) is 7.83. The van der Waals surface area contributed by atoms with E-state index in [0.717, 1.165) is 51.3 Å². The van der Waals surface area contributed by atoms with Gasteiger partial charge in [0, 0.05) is 38.8 Å². The fourth-order valence-corrected chi connectivity index (χ4v) is 4.02. The first-order chi connectivity index (χ1) is 11.3. The van der Waals surface area contributed by atoms with Crippen molar-refractivity contribution in [1.29, 1.82) is 0 Å². The Labute approximate surface area is 149 Å². The summed E-state index contributed by atoms with van der Waals surface area (Å²) in [6, 6.07) is 8.85. The van der Waals surface area contributed by atoms with Gasteiger partial charge in [0.15, 0.2) is 6.10 Å². The Bertz CT molecular complexity index is 569. The summed E-state index contributed by atoms with van der Waals surface area (Å²) in [4.78, 5) is 17.4. The normalized spacial score (nSPS) is 27.4. The van der Waals surface area contributed by atoms with Crippen molar-refractivity contribution in [3.8, 4) is 0 Å². The van der Waals surface area contributed by atoms with E-state index in [2.05, 4.69) is 16.3 Å². The minimum atomic E-state index is -0.403. The Kier molecular flexibility index (Phi) is 5.76. The Balaban J connectivity index is 0.00000169. The standard InChI is InChI=1S/C18H25N3O2.ClH/c22-18(17-16-4-2-1-3-14(16)6-12-23-17)21-10-8-20(9-11-21)15-5-7-19-13-15;/h1-4,15,17,19H,5-13H2;1H. The Morgan fingerprint density at radius 3 is 2.71 bits per heavy atom. The van der Waals surface area contributed by atoms with E-state index < -0.39 is 6.10 Å². The van der Waals surface area contributed by atoms with Crippen LogP contribution in [0, 0.1) is 0 Å². The van der Waals surface area contributed by atoms with Gasteiger partial charge in [0.05, 0.1) is 6.61 Å². The Hall–Kier alpha value is -1.14. The highest BCUT2D eigenvalue weighted by atomic mass is 35.5. The number of nitrogens with zero attached hydrogens (tertiary/aromatic N) is 2. The molecule has 4 rings (SSSR count). The summed E-state index contributed by atoms with van der Waals surface area (Å²) in [5, 5.41) is 3.42. The zero-order chi connectivity index (χ0) is 15.6. The minimum Gasteiger partial charge on any atom is -0.363 e. The van der Waals surface area contributed by atoms with Crippen molar-refractivity contribution < 1.29 is 9.53 Å². The number of halogens is 1. The van der Waals surface area contributed by atoms with Crippen molar-refractivity contribution in [1.82, 2.24) is 15.1 Å². The number of hydrogen-bond donors (Lipinski definition) is 1. The minimum absolute atomic E-state index is 0. The fourth-order valence-electron chi connectivity index (χ4n) is 4.02. The molecule has 2 saturated heterocycles. The zero-order valence-corrected chi connectivity index (χ0v) is 14.8. The lowest BCUT2D eigenvalue weighted by Crippen LogP contribution is -2.53. The maximum absolute atomic E-state index is 12.9. The molecule has 5 nitrogen and oxygen atoms in total. The van der Waals surface area contributed by atoms with Crippen LogP contribution in [-0.4, -0.2) is 67.6 Å². The van der Waals surface area contributed by atoms with Crippen LogP contribution in [0.5, 0.6) is 0 Å². The highest BCUT2D eigenvalue weighted by molar-refractivity contribution is 5.85. The van der Waals surface area contributed by atoms with Crippen molar-refractivity contribution in [2.45, 2.75) is 25.0 Å². The number of amides is 1. The molecule has 24 heavy (non-hydrogen) atoms. The van der Waals surface area contributed by atoms with Crippen LogP contribution in [0.15, 0.2) is 24.3 Å². The molecule has 1 aromatic rings. The lowest BCUT2D eigenvalue weighted by atomic mass is 9.96. The predicted octanol–water partition coefficient (Wildman–Crippen LogP) is 1.23. The summed E-state index contributed by atoms with van der Waals surface area (Å²) in [5.74, 6) is 0.140. The molecular weight excluding hydrogens is 326 g/mol. The van der Waals surface area contributed by atoms with Crippen molar-refractivity contribution >= 4 is 18.3 Å². The van der Waals surface area contributed by atoms with Crippen LogP contribution in [0.25, 0.3) is 0 Å². The van der Waals surface area contributed by atoms with Crippen LogP contribution >= 0.6 is 12.4 Å². The number of carbonyl (C=O) groups excluding carboxylic acids is 1. The van der Waals surface area contributed by atoms with E-state index in [-0.39, 0.29) is 18.3 Å². The first-order valence-corrected chi connectivity index (χ1v) is 8.76. The van der Waals surface area contributed by atoms with Crippen molar-refractivity contribution in [3.05, 3.63) is 35.4 Å². The number of benzene rings is 1. The van der Waals surface area contributed by atoms with Gasteiger partial charge in [-0.25, -0.2) is 0 Å². The van der Waals surface area contributed by atoms with Crippen molar-refractivity contribution in [2.75, 3.05) is 45.9 Å². The van der Waals surface area contributed by atoms with E-state index in [1.165, 1.54) is 12.0 Å². The number of carbonyl (C=O) groups is 1. The summed E-state index contributed by atoms with van der Waals surface area (Å²) in [5.41, 5.74) is 2.32. The van der Waals surface area contributed by atoms with Crippen molar-refractivity contribution in [3.63, 3.8) is 0 Å². The summed E-state index contributed by atoms with van der Waals surface area (Å²) in [6.07, 6.45) is 1.73. The van der Waals surface area contributed by atoms with Crippen LogP contribution in [-0.2, 0) is 16.0 Å². The molecule has 3 aliphatic heterocycles. The maximum atomic E-state index is 12.9. The molecule has 1 amide bonds. The summed E-state index contributed by atoms with van der Waals surface area (Å²) in [6.45, 7) is 6.44. The highest BCUT2D eigenvalue weighted by Gasteiger charge is 2.34. The molecule has 0 radical (unpaired) electrons. The lowest BCUT2D eigenvalue weighted by molar-refractivity contribution is -0.147. The molecule has 6 heteroatoms. The van der Waals surface area contributed by atoms with Crippen LogP contribution in [0.3, 0.4) is 0 Å². The van der Waals surface area contributed by atoms with Crippen LogP contribution in [0.2, 0.25) is 0 Å². The van der Waals surface area contributed by atoms with Crippen LogP contribution in [0.4, 0.5) is 0 Å². The molecule has 0 aromatic heterocycles. The van der Waals surface area contributed by atoms with Gasteiger partial charge in [-0.05, 0) is 30.5 Å². The third-order valence-corrected chi connectivity index (χ3v) is 5.39. The van der Waals surface area contributed by atoms with E-state index in [1.54, 1.807) is 0 Å². The average Bonchev–Trinajstić information content (AvgIpc) is 3.15. The molecule has 3 aliphatic rings. The van der Waals surface area contributed by atoms with Gasteiger partial charge < -0.3 is 15.0 Å². The third-order valence-electron chi connectivity index (χ3n) is 5.39. The molecule has 0 bridgehead atoms. The van der Waals surface area contributed by atoms with Gasteiger partial charge in [0.1, 0.15) is 0 Å². The van der Waals surface area contributed by atoms with Gasteiger partial charge in [-0.1, -0.05) is 24.3 Å². The van der Waals surface area contributed by atoms with E-state index in [0.29, 0.717) is 12.6 Å². The summed E-state index contributed by atoms with van der Waals surface area (Å²) in [7, 11) is 0. The molecule has 2 unspecified atom stereocenters. The second-order valence-electron chi connectivity index (χ2n) is 6.71. The molecular formula is C18H26ClN3O2. The van der Waals surface area contributed by atoms with E-state index >= 15 is 0 Å². The summed E-state index contributed by atoms with van der Waals surface area (Å²) >= 11 is 0. The number of ether oxygens (including phenoxy) is 1. The molecule has 132 valence electrons. The molecule has 1 aromatic carbocycles. The van der Waals surface area contributed by atoms with Gasteiger partial charge in [-0.2, -0.15) is 0 Å². The van der Waals surface area contributed by atoms with E-state index in [4.69, 9.17) is 4.74 Å². The van der Waals surface area contributed by atoms with Crippen LogP contribution in [0.1, 0.15) is 23.7 Å². The quantitative estimate of drug-likeness (QED) is 0.870. The largest absolute Gasteiger partial charge is 0.363 e. The first kappa shape index (κ1) is 17.7. The summed E-state index contributed by atoms with van der Waals surface area (Å²) < 4.78 is 5.83. The highest BCUT2D eigenvalue weighted by Crippen LogP contribution is 2.29. The molecule has 0 aliphatic carbocycles. The SMILES string of the molecule is Cl.O=C(C1OCCc2ccccc21)N1CCN(C2CCNC2)CC1. The molecule has 0 saturated carbocycles. The molecule has 1 N–H and O–H groups in total. The second-order valence-corrected chi connectivity index (χ2v) is 6.71. The van der Waals surface area contributed by atoms with Crippen molar-refractivity contribution in [2.24, 2.45) is 0 Å². The van der Waals surface area contributed by atoms with Gasteiger partial charge in [-0.15, -0.1) is 12.4 Å². The molecule has 3 heterocycles. The molecule has 2 fully saturated rings. The maximum Gasteiger partial charge on any atom is 0.256 e. The van der Waals surface area contributed by atoms with Gasteiger partial charge >= 0.3 is 0 Å². The fraction of sp³-hybridized carbons (Fsp3) is 0.611. The smallest absolute Gasteiger partial charge is 0.256 e. The van der Waals surface area contributed by atoms with Gasteiger partial charge in [0.2, 0.25) is 0 Å². The number of piperazine rings is 1. The number of hydrogen-bond acceptors (Lipinski definition) is 4. The average molecular weight is 352 g/mol.